The molecular weight excluding hydrogens is 277 g/mol. The van der Waals surface area contributed by atoms with Crippen LogP contribution in [-0.4, -0.2) is 16.9 Å². The Bertz CT molecular complexity index is 437. The normalized spacial score (nSPS) is 14.2. The molecule has 0 fully saturated rings. The van der Waals surface area contributed by atoms with Gasteiger partial charge in [-0.2, -0.15) is 0 Å². The third-order valence-electron chi connectivity index (χ3n) is 1.61. The average Bonchev–Trinajstić information content (AvgIpc) is 2.29. The lowest BCUT2D eigenvalue weighted by Gasteiger charge is -2.16. The number of non-ortho nitro benzene ring substituents is 1. The van der Waals surface area contributed by atoms with E-state index < -0.39 is 11.6 Å². The molecule has 16 heavy (non-hydrogen) atoms. The number of benzene rings is 1. The first-order valence-electron chi connectivity index (χ1n) is 3.96. The molecule has 1 unspecified atom stereocenters. The van der Waals surface area contributed by atoms with Gasteiger partial charge in [-0.3, -0.25) is 10.1 Å². The van der Waals surface area contributed by atoms with Gasteiger partial charge >= 0.3 is 6.72 Å². The van der Waals surface area contributed by atoms with Crippen LogP contribution < -0.4 is 4.52 Å². The summed E-state index contributed by atoms with van der Waals surface area (Å²) in [5.74, 6) is 0.261. The highest BCUT2D eigenvalue weighted by Crippen LogP contribution is 2.46. The number of nitro benzene ring substituents is 1. The van der Waals surface area contributed by atoms with Gasteiger partial charge in [0.05, 0.1) is 4.92 Å². The molecule has 1 N–H and O–H groups in total. The van der Waals surface area contributed by atoms with Crippen LogP contribution in [0.3, 0.4) is 0 Å². The molecule has 0 heterocycles. The van der Waals surface area contributed by atoms with Crippen LogP contribution in [0.1, 0.15) is 0 Å². The van der Waals surface area contributed by atoms with Gasteiger partial charge in [0.2, 0.25) is 0 Å². The van der Waals surface area contributed by atoms with Crippen molar-refractivity contribution in [2.45, 2.75) is 0 Å². The van der Waals surface area contributed by atoms with Crippen molar-refractivity contribution >= 4 is 33.2 Å². The molecule has 0 spiro atoms. The van der Waals surface area contributed by atoms with Crippen LogP contribution >= 0.6 is 17.4 Å². The van der Waals surface area contributed by atoms with Gasteiger partial charge in [-0.15, -0.1) is 0 Å². The van der Waals surface area contributed by atoms with Crippen molar-refractivity contribution in [2.75, 3.05) is 7.11 Å². The van der Waals surface area contributed by atoms with Crippen molar-refractivity contribution in [1.82, 2.24) is 0 Å². The molecule has 90 valence electrons. The van der Waals surface area contributed by atoms with Crippen LogP contribution in [0, 0.1) is 10.1 Å². The van der Waals surface area contributed by atoms with E-state index in [0.29, 0.717) is 0 Å². The van der Waals surface area contributed by atoms with E-state index in [-0.39, 0.29) is 21.6 Å². The van der Waals surface area contributed by atoms with Crippen LogP contribution in [0.4, 0.5) is 5.69 Å². The predicted octanol–water partition coefficient (Wildman–Crippen LogP) is 2.26. The van der Waals surface area contributed by atoms with Crippen LogP contribution in [0.25, 0.3) is 0 Å². The summed E-state index contributed by atoms with van der Waals surface area (Å²) in [5, 5.41) is 10.4. The minimum Gasteiger partial charge on any atom is -0.427 e. The number of hydrogen-bond donors (Lipinski definition) is 2. The van der Waals surface area contributed by atoms with E-state index >= 15 is 0 Å². The zero-order valence-corrected chi connectivity index (χ0v) is 10.7. The molecule has 1 aromatic rings. The van der Waals surface area contributed by atoms with Gasteiger partial charge in [0.15, 0.2) is 0 Å². The van der Waals surface area contributed by atoms with Crippen LogP contribution in [0.5, 0.6) is 5.75 Å². The Morgan fingerprint density at radius 3 is 2.44 bits per heavy atom. The molecule has 9 heteroatoms. The molecule has 0 amide bonds. The van der Waals surface area contributed by atoms with E-state index in [1.807, 2.05) is 0 Å². The summed E-state index contributed by atoms with van der Waals surface area (Å²) in [6, 6.07) is 5.26. The van der Waals surface area contributed by atoms with E-state index in [1.54, 1.807) is 0 Å². The quantitative estimate of drug-likeness (QED) is 0.384. The minimum atomic E-state index is -3.12. The van der Waals surface area contributed by atoms with Gasteiger partial charge in [-0.05, 0) is 33.0 Å². The first-order valence-corrected chi connectivity index (χ1v) is 8.04. The van der Waals surface area contributed by atoms with Crippen molar-refractivity contribution in [3.05, 3.63) is 34.4 Å². The van der Waals surface area contributed by atoms with Gasteiger partial charge < -0.3 is 13.9 Å². The number of thiol groups is 1. The van der Waals surface area contributed by atoms with Gasteiger partial charge in [-0.25, -0.2) is 0 Å². The number of halogens is 1. The maximum Gasteiger partial charge on any atom is 0.346 e. The SMILES string of the molecule is COP(O)(Oc1ccc([N+](=O)[O-])cc1)=[SH]Cl. The molecule has 1 rings (SSSR count). The number of nitro groups is 1. The summed E-state index contributed by atoms with van der Waals surface area (Å²) in [5.41, 5.74) is -0.0601. The minimum absolute atomic E-state index is 0.0593. The molecule has 1 atom stereocenters. The molecule has 0 aliphatic carbocycles. The van der Waals surface area contributed by atoms with Gasteiger partial charge in [0.1, 0.15) is 5.75 Å². The van der Waals surface area contributed by atoms with Crippen molar-refractivity contribution < 1.29 is 18.9 Å². The number of hydrogen-bond acceptors (Lipinski definition) is 4. The molecule has 6 nitrogen and oxygen atoms in total. The van der Waals surface area contributed by atoms with Crippen molar-refractivity contribution in [3.8, 4) is 5.75 Å². The lowest BCUT2D eigenvalue weighted by Crippen LogP contribution is -1.95. The fraction of sp³-hybridized carbons (Fsp3) is 0.143. The molecule has 0 aliphatic heterocycles. The molecule has 0 bridgehead atoms. The van der Waals surface area contributed by atoms with Gasteiger partial charge in [0, 0.05) is 19.2 Å². The molecular formula is C7H9ClNO5PS. The number of nitrogens with zero attached hydrogens (tertiary/aromatic N) is 1. The fourth-order valence-electron chi connectivity index (χ4n) is 0.850. The lowest BCUT2D eigenvalue weighted by atomic mass is 10.3. The van der Waals surface area contributed by atoms with Gasteiger partial charge in [-0.1, -0.05) is 0 Å². The first-order chi connectivity index (χ1) is 7.50. The molecule has 1 aromatic carbocycles. The zero-order chi connectivity index (χ0) is 12.2. The summed E-state index contributed by atoms with van der Waals surface area (Å²) in [6.45, 7) is -3.12. The third kappa shape index (κ3) is 3.47. The van der Waals surface area contributed by atoms with E-state index in [1.165, 1.54) is 31.4 Å². The van der Waals surface area contributed by atoms with Crippen LogP contribution in [0.2, 0.25) is 0 Å². The Morgan fingerprint density at radius 2 is 2.06 bits per heavy atom. The Balaban J connectivity index is 2.88. The first kappa shape index (κ1) is 13.5. The number of rotatable bonds is 4. The monoisotopic (exact) mass is 285 g/mol. The Morgan fingerprint density at radius 1 is 1.50 bits per heavy atom. The van der Waals surface area contributed by atoms with E-state index in [9.17, 15) is 15.0 Å². The van der Waals surface area contributed by atoms with Crippen LogP contribution in [0.15, 0.2) is 24.3 Å². The molecule has 0 aliphatic rings. The van der Waals surface area contributed by atoms with Crippen molar-refractivity contribution in [3.63, 3.8) is 0 Å². The molecule has 0 aromatic heterocycles. The second-order valence-electron chi connectivity index (χ2n) is 2.59. The lowest BCUT2D eigenvalue weighted by molar-refractivity contribution is -0.384. The maximum absolute atomic E-state index is 10.4. The highest BCUT2D eigenvalue weighted by molar-refractivity contribution is 8.30. The highest BCUT2D eigenvalue weighted by Gasteiger charge is 2.15. The van der Waals surface area contributed by atoms with E-state index in [0.717, 1.165) is 0 Å². The molecule has 0 radical (unpaired) electrons. The molecule has 0 saturated carbocycles. The van der Waals surface area contributed by atoms with Gasteiger partial charge in [0.25, 0.3) is 5.69 Å². The summed E-state index contributed by atoms with van der Waals surface area (Å²) in [4.78, 5) is 19.5. The standard InChI is InChI=1S/C7H9ClNO5PS/c1-13-15(12,16-8)14-7-4-2-6(3-5-7)9(10)11/h2-5,12,16H,1H3. The second-order valence-corrected chi connectivity index (χ2v) is 7.60. The summed E-state index contributed by atoms with van der Waals surface area (Å²) < 4.78 is 9.85. The van der Waals surface area contributed by atoms with E-state index in [4.69, 9.17) is 19.7 Å². The smallest absolute Gasteiger partial charge is 0.346 e. The summed E-state index contributed by atoms with van der Waals surface area (Å²) >= 11 is 0. The summed E-state index contributed by atoms with van der Waals surface area (Å²) in [7, 11) is 6.79. The van der Waals surface area contributed by atoms with Crippen molar-refractivity contribution in [2.24, 2.45) is 0 Å². The van der Waals surface area contributed by atoms with Crippen molar-refractivity contribution in [1.29, 1.82) is 0 Å². The second kappa shape index (κ2) is 5.65. The summed E-state index contributed by atoms with van der Waals surface area (Å²) in [6.07, 6.45) is 0. The Hall–Kier alpha value is -0.590. The topological polar surface area (TPSA) is 81.8 Å². The maximum atomic E-state index is 10.4. The zero-order valence-electron chi connectivity index (χ0n) is 8.11. The average molecular weight is 286 g/mol. The largest absolute Gasteiger partial charge is 0.427 e. The Kier molecular flexibility index (Phi) is 4.76. The predicted molar refractivity (Wildman–Crippen MR) is 64.5 cm³/mol. The highest BCUT2D eigenvalue weighted by atomic mass is 35.7. The Labute approximate surface area is 99.6 Å². The van der Waals surface area contributed by atoms with Crippen LogP contribution in [-0.2, 0) is 14.7 Å². The fourth-order valence-corrected chi connectivity index (χ4v) is 2.81. The molecule has 0 saturated heterocycles. The third-order valence-corrected chi connectivity index (χ3v) is 5.75. The van der Waals surface area contributed by atoms with E-state index in [2.05, 4.69) is 0 Å².